The first-order valence-electron chi connectivity index (χ1n) is 8.42. The number of carbonyl (C=O) groups excluding carboxylic acids is 1. The minimum absolute atomic E-state index is 0.00139. The number of pyridine rings is 1. The maximum atomic E-state index is 12.2. The Morgan fingerprint density at radius 2 is 2.23 bits per heavy atom. The number of nitrogens with one attached hydrogen (secondary N) is 1. The number of benzene rings is 1. The van der Waals surface area contributed by atoms with Crippen LogP contribution in [0.4, 0.5) is 0 Å². The Balaban J connectivity index is 1.62. The van der Waals surface area contributed by atoms with Gasteiger partial charge in [0.1, 0.15) is 11.3 Å². The summed E-state index contributed by atoms with van der Waals surface area (Å²) in [7, 11) is 0. The molecule has 0 unspecified atom stereocenters. The third kappa shape index (κ3) is 3.04. The van der Waals surface area contributed by atoms with Crippen LogP contribution in [0.2, 0.25) is 0 Å². The SMILES string of the molecule is C[C@H](N)Cn1ncc2ccc3oc(CNC(=O)c4cccnc4)cc3c21. The van der Waals surface area contributed by atoms with Crippen LogP contribution in [-0.4, -0.2) is 26.7 Å². The molecule has 3 heterocycles. The molecule has 7 nitrogen and oxygen atoms in total. The molecule has 0 aliphatic heterocycles. The monoisotopic (exact) mass is 349 g/mol. The number of nitrogens with two attached hydrogens (primary N) is 1. The summed E-state index contributed by atoms with van der Waals surface area (Å²) in [5, 5.41) is 9.27. The first-order valence-corrected chi connectivity index (χ1v) is 8.42. The largest absolute Gasteiger partial charge is 0.459 e. The molecule has 7 heteroatoms. The number of hydrogen-bond acceptors (Lipinski definition) is 5. The Bertz CT molecular complexity index is 1070. The minimum Gasteiger partial charge on any atom is -0.459 e. The van der Waals surface area contributed by atoms with E-state index in [1.165, 1.54) is 6.20 Å². The molecular weight excluding hydrogens is 330 g/mol. The molecule has 0 saturated carbocycles. The molecule has 0 radical (unpaired) electrons. The van der Waals surface area contributed by atoms with Gasteiger partial charge in [0.25, 0.3) is 5.91 Å². The lowest BCUT2D eigenvalue weighted by Crippen LogP contribution is -2.22. The van der Waals surface area contributed by atoms with E-state index in [1.807, 2.05) is 36.0 Å². The van der Waals surface area contributed by atoms with Gasteiger partial charge in [0.05, 0.1) is 30.4 Å². The van der Waals surface area contributed by atoms with Gasteiger partial charge in [0.15, 0.2) is 0 Å². The fourth-order valence-electron chi connectivity index (χ4n) is 3.01. The second kappa shape index (κ2) is 6.61. The van der Waals surface area contributed by atoms with Crippen molar-refractivity contribution >= 4 is 27.8 Å². The Morgan fingerprint density at radius 3 is 3.00 bits per heavy atom. The number of amides is 1. The minimum atomic E-state index is -0.189. The van der Waals surface area contributed by atoms with E-state index >= 15 is 0 Å². The topological polar surface area (TPSA) is 99.0 Å². The van der Waals surface area contributed by atoms with Crippen molar-refractivity contribution in [3.63, 3.8) is 0 Å². The van der Waals surface area contributed by atoms with Crippen molar-refractivity contribution in [3.05, 3.63) is 60.2 Å². The fourth-order valence-corrected chi connectivity index (χ4v) is 3.01. The first kappa shape index (κ1) is 16.3. The number of carbonyl (C=O) groups is 1. The van der Waals surface area contributed by atoms with E-state index < -0.39 is 0 Å². The van der Waals surface area contributed by atoms with E-state index in [1.54, 1.807) is 18.3 Å². The van der Waals surface area contributed by atoms with E-state index in [0.717, 1.165) is 21.9 Å². The molecule has 26 heavy (non-hydrogen) atoms. The van der Waals surface area contributed by atoms with Crippen LogP contribution >= 0.6 is 0 Å². The average Bonchev–Trinajstić information content (AvgIpc) is 3.23. The van der Waals surface area contributed by atoms with Crippen molar-refractivity contribution in [2.45, 2.75) is 26.1 Å². The van der Waals surface area contributed by atoms with Crippen molar-refractivity contribution in [2.24, 2.45) is 5.73 Å². The highest BCUT2D eigenvalue weighted by Gasteiger charge is 2.13. The third-order valence-electron chi connectivity index (χ3n) is 4.16. The summed E-state index contributed by atoms with van der Waals surface area (Å²) in [5.74, 6) is 0.490. The molecule has 1 aromatic carbocycles. The number of aromatic nitrogens is 3. The predicted molar refractivity (Wildman–Crippen MR) is 98.6 cm³/mol. The summed E-state index contributed by atoms with van der Waals surface area (Å²) in [4.78, 5) is 16.1. The zero-order chi connectivity index (χ0) is 18.1. The average molecular weight is 349 g/mol. The van der Waals surface area contributed by atoms with Crippen molar-refractivity contribution in [3.8, 4) is 0 Å². The van der Waals surface area contributed by atoms with Gasteiger partial charge in [-0.2, -0.15) is 5.10 Å². The van der Waals surface area contributed by atoms with E-state index in [9.17, 15) is 4.79 Å². The van der Waals surface area contributed by atoms with Crippen LogP contribution in [0.25, 0.3) is 21.9 Å². The van der Waals surface area contributed by atoms with E-state index in [0.29, 0.717) is 24.4 Å². The number of furan rings is 1. The second-order valence-electron chi connectivity index (χ2n) is 6.36. The van der Waals surface area contributed by atoms with Crippen LogP contribution in [0.3, 0.4) is 0 Å². The Kier molecular flexibility index (Phi) is 4.14. The van der Waals surface area contributed by atoms with Gasteiger partial charge < -0.3 is 15.5 Å². The lowest BCUT2D eigenvalue weighted by Gasteiger charge is -2.06. The summed E-state index contributed by atoms with van der Waals surface area (Å²) in [6.45, 7) is 2.87. The summed E-state index contributed by atoms with van der Waals surface area (Å²) in [5.41, 5.74) is 8.19. The molecule has 0 bridgehead atoms. The highest BCUT2D eigenvalue weighted by atomic mass is 16.3. The molecule has 132 valence electrons. The highest BCUT2D eigenvalue weighted by Crippen LogP contribution is 2.28. The van der Waals surface area contributed by atoms with E-state index in [-0.39, 0.29) is 11.9 Å². The van der Waals surface area contributed by atoms with Gasteiger partial charge in [-0.25, -0.2) is 0 Å². The van der Waals surface area contributed by atoms with Gasteiger partial charge in [-0.1, -0.05) is 0 Å². The number of hydrogen-bond donors (Lipinski definition) is 2. The van der Waals surface area contributed by atoms with E-state index in [2.05, 4.69) is 15.4 Å². The van der Waals surface area contributed by atoms with Crippen molar-refractivity contribution in [1.29, 1.82) is 0 Å². The second-order valence-corrected chi connectivity index (χ2v) is 6.36. The number of rotatable bonds is 5. The fraction of sp³-hybridized carbons (Fsp3) is 0.211. The summed E-state index contributed by atoms with van der Waals surface area (Å²) >= 11 is 0. The van der Waals surface area contributed by atoms with Crippen LogP contribution in [0, 0.1) is 0 Å². The smallest absolute Gasteiger partial charge is 0.253 e. The summed E-state index contributed by atoms with van der Waals surface area (Å²) in [6.07, 6.45) is 4.99. The van der Waals surface area contributed by atoms with Crippen molar-refractivity contribution in [1.82, 2.24) is 20.1 Å². The molecule has 1 atom stereocenters. The van der Waals surface area contributed by atoms with Crippen LogP contribution in [0.15, 0.2) is 53.3 Å². The lowest BCUT2D eigenvalue weighted by atomic mass is 10.2. The molecule has 4 aromatic rings. The molecule has 0 aliphatic carbocycles. The zero-order valence-corrected chi connectivity index (χ0v) is 14.3. The maximum absolute atomic E-state index is 12.2. The van der Waals surface area contributed by atoms with Crippen LogP contribution < -0.4 is 11.1 Å². The molecule has 4 rings (SSSR count). The van der Waals surface area contributed by atoms with Gasteiger partial charge in [0.2, 0.25) is 0 Å². The van der Waals surface area contributed by atoms with E-state index in [4.69, 9.17) is 10.2 Å². The van der Waals surface area contributed by atoms with Crippen molar-refractivity contribution < 1.29 is 9.21 Å². The Morgan fingerprint density at radius 1 is 1.35 bits per heavy atom. The quantitative estimate of drug-likeness (QED) is 0.576. The Hall–Kier alpha value is -3.19. The molecule has 0 saturated heterocycles. The zero-order valence-electron chi connectivity index (χ0n) is 14.3. The van der Waals surface area contributed by atoms with Gasteiger partial charge in [-0.15, -0.1) is 0 Å². The van der Waals surface area contributed by atoms with Crippen LogP contribution in [-0.2, 0) is 13.1 Å². The molecular formula is C19H19N5O2. The highest BCUT2D eigenvalue weighted by molar-refractivity contribution is 6.03. The summed E-state index contributed by atoms with van der Waals surface area (Å²) in [6, 6.07) is 9.29. The molecule has 1 amide bonds. The van der Waals surface area contributed by atoms with Crippen LogP contribution in [0.5, 0.6) is 0 Å². The predicted octanol–water partition coefficient (Wildman–Crippen LogP) is 2.45. The van der Waals surface area contributed by atoms with Gasteiger partial charge in [0, 0.05) is 29.2 Å². The standard InChI is InChI=1S/C19H19N5O2/c1-12(20)11-24-18-13(9-23-24)4-5-17-16(18)7-15(26-17)10-22-19(25)14-3-2-6-21-8-14/h2-9,12H,10-11,20H2,1H3,(H,22,25)/t12-/m0/s1. The van der Waals surface area contributed by atoms with Crippen LogP contribution in [0.1, 0.15) is 23.0 Å². The van der Waals surface area contributed by atoms with Crippen molar-refractivity contribution in [2.75, 3.05) is 0 Å². The van der Waals surface area contributed by atoms with Gasteiger partial charge in [-0.05, 0) is 37.3 Å². The summed E-state index contributed by atoms with van der Waals surface area (Å²) < 4.78 is 7.79. The Labute approximate surface area is 149 Å². The maximum Gasteiger partial charge on any atom is 0.253 e. The lowest BCUT2D eigenvalue weighted by molar-refractivity contribution is 0.0948. The van der Waals surface area contributed by atoms with Gasteiger partial charge in [-0.3, -0.25) is 14.5 Å². The first-order chi connectivity index (χ1) is 12.6. The molecule has 0 spiro atoms. The molecule has 0 fully saturated rings. The normalized spacial score (nSPS) is 12.5. The number of nitrogens with zero attached hydrogens (tertiary/aromatic N) is 3. The van der Waals surface area contributed by atoms with Gasteiger partial charge >= 0.3 is 0 Å². The third-order valence-corrected chi connectivity index (χ3v) is 4.16. The molecule has 3 N–H and O–H groups in total. The number of fused-ring (bicyclic) bond motifs is 3. The molecule has 3 aromatic heterocycles. The molecule has 0 aliphatic rings.